The van der Waals surface area contributed by atoms with Crippen LogP contribution in [-0.4, -0.2) is 97.6 Å². The van der Waals surface area contributed by atoms with Crippen LogP contribution in [0.1, 0.15) is 64.8 Å². The molecule has 7 rings (SSSR count). The Morgan fingerprint density at radius 1 is 0.962 bits per heavy atom. The Hall–Kier alpha value is -5.16. The van der Waals surface area contributed by atoms with Crippen LogP contribution in [0.5, 0.6) is 0 Å². The van der Waals surface area contributed by atoms with Crippen molar-refractivity contribution < 1.29 is 32.3 Å². The lowest BCUT2D eigenvalue weighted by Gasteiger charge is -2.38. The molecule has 1 saturated carbocycles. The van der Waals surface area contributed by atoms with Gasteiger partial charge in [-0.1, -0.05) is 11.6 Å². The van der Waals surface area contributed by atoms with E-state index in [2.05, 4.69) is 30.5 Å². The first-order chi connectivity index (χ1) is 24.9. The van der Waals surface area contributed by atoms with E-state index >= 15 is 0 Å². The maximum Gasteiger partial charge on any atom is 0.434 e. The summed E-state index contributed by atoms with van der Waals surface area (Å²) in [5.74, 6) is -0.889. The number of carbonyl (C=O) groups excluding carboxylic acids is 4. The van der Waals surface area contributed by atoms with Crippen molar-refractivity contribution in [3.63, 3.8) is 0 Å². The minimum atomic E-state index is -4.71. The number of benzene rings is 1. The Kier molecular flexibility index (Phi) is 9.80. The Morgan fingerprint density at radius 3 is 2.46 bits per heavy atom. The molecule has 1 aliphatic carbocycles. The van der Waals surface area contributed by atoms with Gasteiger partial charge >= 0.3 is 12.2 Å². The molecule has 0 bridgehead atoms. The zero-order chi connectivity index (χ0) is 36.6. The van der Waals surface area contributed by atoms with Crippen LogP contribution in [0.3, 0.4) is 0 Å². The molecule has 18 heteroatoms. The Labute approximate surface area is 300 Å². The van der Waals surface area contributed by atoms with Gasteiger partial charge in [0.1, 0.15) is 11.4 Å². The van der Waals surface area contributed by atoms with Crippen LogP contribution in [0, 0.1) is 5.92 Å². The number of rotatable bonds is 7. The van der Waals surface area contributed by atoms with Gasteiger partial charge in [-0.2, -0.15) is 18.3 Å². The van der Waals surface area contributed by atoms with Crippen LogP contribution < -0.4 is 15.5 Å². The number of nitrogens with one attached hydrogen (secondary N) is 2. The fourth-order valence-electron chi connectivity index (χ4n) is 6.92. The number of alkyl halides is 3. The number of hydrogen-bond donors (Lipinski definition) is 2. The van der Waals surface area contributed by atoms with Gasteiger partial charge in [0.25, 0.3) is 11.8 Å². The molecule has 0 unspecified atom stereocenters. The predicted molar refractivity (Wildman–Crippen MR) is 183 cm³/mol. The van der Waals surface area contributed by atoms with E-state index in [9.17, 15) is 32.3 Å². The second kappa shape index (κ2) is 14.5. The summed E-state index contributed by atoms with van der Waals surface area (Å²) in [7, 11) is 0. The first-order valence-electron chi connectivity index (χ1n) is 16.9. The molecule has 2 aliphatic heterocycles. The normalized spacial score (nSPS) is 20.2. The van der Waals surface area contributed by atoms with Crippen molar-refractivity contribution in [1.82, 2.24) is 39.8 Å². The van der Waals surface area contributed by atoms with Gasteiger partial charge in [-0.15, -0.1) is 0 Å². The average molecular weight is 739 g/mol. The van der Waals surface area contributed by atoms with E-state index in [-0.39, 0.29) is 41.5 Å². The fourth-order valence-corrected chi connectivity index (χ4v) is 7.12. The van der Waals surface area contributed by atoms with E-state index in [4.69, 9.17) is 16.7 Å². The van der Waals surface area contributed by atoms with Crippen LogP contribution >= 0.6 is 11.6 Å². The van der Waals surface area contributed by atoms with Crippen molar-refractivity contribution in [3.8, 4) is 0 Å². The molecule has 4 aromatic rings. The Balaban J connectivity index is 0.889. The summed E-state index contributed by atoms with van der Waals surface area (Å²) in [4.78, 5) is 66.4. The van der Waals surface area contributed by atoms with E-state index < -0.39 is 29.5 Å². The molecular formula is C34H34ClF3N10O4. The molecule has 272 valence electrons. The number of imide groups is 1. The van der Waals surface area contributed by atoms with E-state index in [1.54, 1.807) is 23.1 Å². The molecule has 5 heterocycles. The third-order valence-corrected chi connectivity index (χ3v) is 9.99. The number of pyridine rings is 1. The van der Waals surface area contributed by atoms with Crippen molar-refractivity contribution in [2.24, 2.45) is 5.92 Å². The van der Waals surface area contributed by atoms with E-state index in [1.807, 2.05) is 10.9 Å². The van der Waals surface area contributed by atoms with Crippen molar-refractivity contribution in [1.29, 1.82) is 0 Å². The second-order valence-electron chi connectivity index (χ2n) is 13.2. The minimum Gasteiger partial charge on any atom is -0.335 e. The number of halogens is 4. The quantitative estimate of drug-likeness (QED) is 0.272. The lowest BCUT2D eigenvalue weighted by Crippen LogP contribution is -2.50. The number of carbonyl (C=O) groups is 4. The number of aromatic nitrogens is 5. The van der Waals surface area contributed by atoms with Gasteiger partial charge in [-0.05, 0) is 55.9 Å². The highest BCUT2D eigenvalue weighted by molar-refractivity contribution is 6.34. The maximum atomic E-state index is 13.3. The zero-order valence-electron chi connectivity index (χ0n) is 27.8. The summed E-state index contributed by atoms with van der Waals surface area (Å²) < 4.78 is 41.0. The summed E-state index contributed by atoms with van der Waals surface area (Å²) in [5, 5.41) is 10.6. The zero-order valence-corrected chi connectivity index (χ0v) is 28.5. The summed E-state index contributed by atoms with van der Waals surface area (Å²) >= 11 is 6.30. The number of amides is 5. The highest BCUT2D eigenvalue weighted by Crippen LogP contribution is 2.34. The van der Waals surface area contributed by atoms with Crippen LogP contribution in [0.2, 0.25) is 5.02 Å². The summed E-state index contributed by atoms with van der Waals surface area (Å²) in [5.41, 5.74) is -0.00573. The molecule has 3 aromatic heterocycles. The lowest BCUT2D eigenvalue weighted by atomic mass is 9.85. The third kappa shape index (κ3) is 7.69. The number of anilines is 2. The van der Waals surface area contributed by atoms with Crippen molar-refractivity contribution in [3.05, 3.63) is 71.2 Å². The standard InChI is InChI=1S/C34H34ClF3N10O4/c35-24-15-40-26(14-28(24)47-8-7-30(49)43-33(47)52)32(51)46-11-9-45(10-12-46)18-20-1-4-23(5-2-20)48-19-21-13-22(3-6-25(21)44-48)41-31(50)27-16-39-17-29(42-27)34(36,37)38/h3,6,13-17,19-20,23H,1-2,4-5,7-12,18H2,(H,41,50)(H,43,49,52). The Bertz CT molecular complexity index is 2030. The number of nitrogens with zero attached hydrogens (tertiary/aromatic N) is 8. The molecule has 52 heavy (non-hydrogen) atoms. The van der Waals surface area contributed by atoms with Crippen molar-refractivity contribution in [2.75, 3.05) is 49.5 Å². The van der Waals surface area contributed by atoms with E-state index in [0.29, 0.717) is 36.6 Å². The summed E-state index contributed by atoms with van der Waals surface area (Å²) in [6.07, 6.45) is 4.20. The topological polar surface area (TPSA) is 159 Å². The number of urea groups is 1. The molecule has 1 aromatic carbocycles. The highest BCUT2D eigenvalue weighted by atomic mass is 35.5. The second-order valence-corrected chi connectivity index (χ2v) is 13.6. The molecule has 2 N–H and O–H groups in total. The van der Waals surface area contributed by atoms with Gasteiger partial charge in [0.05, 0.1) is 34.7 Å². The largest absolute Gasteiger partial charge is 0.434 e. The van der Waals surface area contributed by atoms with Gasteiger partial charge in [0.15, 0.2) is 5.69 Å². The highest BCUT2D eigenvalue weighted by Gasteiger charge is 2.34. The van der Waals surface area contributed by atoms with Crippen molar-refractivity contribution >= 4 is 57.6 Å². The average Bonchev–Trinajstić information content (AvgIpc) is 3.56. The number of fused-ring (bicyclic) bond motifs is 1. The van der Waals surface area contributed by atoms with Gasteiger partial charge in [-0.25, -0.2) is 14.8 Å². The molecule has 3 aliphatic rings. The van der Waals surface area contributed by atoms with Gasteiger partial charge in [0.2, 0.25) is 5.91 Å². The van der Waals surface area contributed by atoms with Gasteiger partial charge < -0.3 is 10.2 Å². The Morgan fingerprint density at radius 2 is 1.73 bits per heavy atom. The molecule has 0 radical (unpaired) electrons. The SMILES string of the molecule is O=C1CCN(c2cc(C(=O)N3CCN(CC4CCC(n5cc6cc(NC(=O)c7cncc(C(F)(F)F)n7)ccc6n5)CC4)CC3)ncc2Cl)C(=O)N1. The molecule has 14 nitrogen and oxygen atoms in total. The van der Waals surface area contributed by atoms with Crippen LogP contribution in [0.4, 0.5) is 29.3 Å². The predicted octanol–water partition coefficient (Wildman–Crippen LogP) is 4.78. The molecule has 2 saturated heterocycles. The number of piperazine rings is 1. The molecule has 0 atom stereocenters. The van der Waals surface area contributed by atoms with Crippen LogP contribution in [0.15, 0.2) is 49.1 Å². The number of hydrogen-bond acceptors (Lipinski definition) is 9. The van der Waals surface area contributed by atoms with Crippen LogP contribution in [0.25, 0.3) is 10.9 Å². The van der Waals surface area contributed by atoms with Crippen LogP contribution in [-0.2, 0) is 11.0 Å². The smallest absolute Gasteiger partial charge is 0.335 e. The van der Waals surface area contributed by atoms with Gasteiger partial charge in [-0.3, -0.25) is 39.2 Å². The first-order valence-corrected chi connectivity index (χ1v) is 17.3. The first kappa shape index (κ1) is 35.3. The lowest BCUT2D eigenvalue weighted by molar-refractivity contribution is -0.141. The van der Waals surface area contributed by atoms with E-state index in [1.165, 1.54) is 17.2 Å². The summed E-state index contributed by atoms with van der Waals surface area (Å²) in [6, 6.07) is 6.26. The van der Waals surface area contributed by atoms with Gasteiger partial charge in [0, 0.05) is 69.2 Å². The summed E-state index contributed by atoms with van der Waals surface area (Å²) in [6.45, 7) is 3.64. The monoisotopic (exact) mass is 738 g/mol. The minimum absolute atomic E-state index is 0.136. The molecule has 3 fully saturated rings. The maximum absolute atomic E-state index is 13.3. The van der Waals surface area contributed by atoms with E-state index in [0.717, 1.165) is 62.4 Å². The van der Waals surface area contributed by atoms with Crippen molar-refractivity contribution in [2.45, 2.75) is 44.3 Å². The molecular weight excluding hydrogens is 705 g/mol. The molecule has 5 amide bonds. The molecule has 0 spiro atoms. The fraction of sp³-hybridized carbons (Fsp3) is 0.412. The third-order valence-electron chi connectivity index (χ3n) is 9.70.